The van der Waals surface area contributed by atoms with Crippen molar-refractivity contribution in [1.82, 2.24) is 9.80 Å². The van der Waals surface area contributed by atoms with E-state index in [2.05, 4.69) is 16.8 Å². The van der Waals surface area contributed by atoms with Gasteiger partial charge in [0.1, 0.15) is 0 Å². The van der Waals surface area contributed by atoms with Crippen molar-refractivity contribution in [3.8, 4) is 0 Å². The second-order valence-electron chi connectivity index (χ2n) is 3.92. The van der Waals surface area contributed by atoms with E-state index in [1.807, 2.05) is 0 Å². The molecule has 1 aliphatic heterocycles. The van der Waals surface area contributed by atoms with Gasteiger partial charge in [-0.3, -0.25) is 4.90 Å². The first kappa shape index (κ1) is 7.56. The molecule has 64 valence electrons. The molecule has 0 N–H and O–H groups in total. The van der Waals surface area contributed by atoms with Crippen LogP contribution in [0, 0.1) is 0 Å². The van der Waals surface area contributed by atoms with Gasteiger partial charge in [-0.1, -0.05) is 0 Å². The Balaban J connectivity index is 1.82. The Hall–Kier alpha value is -0.0800. The third-order valence-electron chi connectivity index (χ3n) is 2.82. The Labute approximate surface area is 69.2 Å². The van der Waals surface area contributed by atoms with E-state index in [0.29, 0.717) is 0 Å². The van der Waals surface area contributed by atoms with E-state index >= 15 is 0 Å². The molecule has 0 aromatic rings. The van der Waals surface area contributed by atoms with Gasteiger partial charge in [0.05, 0.1) is 0 Å². The Kier molecular flexibility index (Phi) is 2.14. The molecule has 2 heteroatoms. The summed E-state index contributed by atoms with van der Waals surface area (Å²) in [5.74, 6) is 0. The van der Waals surface area contributed by atoms with E-state index in [1.165, 1.54) is 45.4 Å². The number of hydrogen-bond acceptors (Lipinski definition) is 2. The standard InChI is InChI=1S/C9H18N2/c1-10-5-2-6-11(8-7-10)9-3-4-9/h9H,2-8H2,1H3. The fraction of sp³-hybridized carbons (Fsp3) is 1.00. The molecule has 0 radical (unpaired) electrons. The molecular formula is C9H18N2. The molecule has 0 amide bonds. The van der Waals surface area contributed by atoms with Gasteiger partial charge < -0.3 is 4.90 Å². The zero-order valence-corrected chi connectivity index (χ0v) is 7.42. The fourth-order valence-electron chi connectivity index (χ4n) is 1.87. The molecular weight excluding hydrogens is 136 g/mol. The molecule has 1 saturated carbocycles. The van der Waals surface area contributed by atoms with Gasteiger partial charge in [0.15, 0.2) is 0 Å². The average molecular weight is 154 g/mol. The van der Waals surface area contributed by atoms with E-state index in [1.54, 1.807) is 0 Å². The number of likely N-dealkylation sites (N-methyl/N-ethyl adjacent to an activating group) is 1. The van der Waals surface area contributed by atoms with Crippen LogP contribution in [0.1, 0.15) is 19.3 Å². The van der Waals surface area contributed by atoms with Crippen molar-refractivity contribution < 1.29 is 0 Å². The molecule has 1 aliphatic carbocycles. The van der Waals surface area contributed by atoms with Crippen LogP contribution in [-0.2, 0) is 0 Å². The van der Waals surface area contributed by atoms with Gasteiger partial charge in [0.25, 0.3) is 0 Å². The lowest BCUT2D eigenvalue weighted by atomic mass is 10.4. The zero-order chi connectivity index (χ0) is 7.68. The molecule has 0 atom stereocenters. The summed E-state index contributed by atoms with van der Waals surface area (Å²) in [6, 6.07) is 0.974. The maximum absolute atomic E-state index is 2.67. The van der Waals surface area contributed by atoms with Crippen LogP contribution in [0.15, 0.2) is 0 Å². The van der Waals surface area contributed by atoms with E-state index in [0.717, 1.165) is 6.04 Å². The van der Waals surface area contributed by atoms with Crippen LogP contribution in [0.4, 0.5) is 0 Å². The van der Waals surface area contributed by atoms with Gasteiger partial charge in [-0.25, -0.2) is 0 Å². The van der Waals surface area contributed by atoms with Crippen LogP contribution in [0.25, 0.3) is 0 Å². The molecule has 1 heterocycles. The molecule has 0 aromatic heterocycles. The monoisotopic (exact) mass is 154 g/mol. The lowest BCUT2D eigenvalue weighted by Gasteiger charge is -2.18. The third kappa shape index (κ3) is 1.94. The second kappa shape index (κ2) is 3.11. The van der Waals surface area contributed by atoms with Crippen molar-refractivity contribution in [1.29, 1.82) is 0 Å². The predicted octanol–water partition coefficient (Wildman–Crippen LogP) is 0.786. The molecule has 2 fully saturated rings. The topological polar surface area (TPSA) is 6.48 Å². The highest BCUT2D eigenvalue weighted by Crippen LogP contribution is 2.27. The first-order chi connectivity index (χ1) is 5.36. The van der Waals surface area contributed by atoms with Gasteiger partial charge in [-0.2, -0.15) is 0 Å². The summed E-state index contributed by atoms with van der Waals surface area (Å²) < 4.78 is 0. The minimum atomic E-state index is 0.974. The summed E-state index contributed by atoms with van der Waals surface area (Å²) >= 11 is 0. The highest BCUT2D eigenvalue weighted by molar-refractivity contribution is 4.85. The normalized spacial score (nSPS) is 30.3. The van der Waals surface area contributed by atoms with Crippen LogP contribution in [0.2, 0.25) is 0 Å². The SMILES string of the molecule is CN1CCCN(C2CC2)CC1. The summed E-state index contributed by atoms with van der Waals surface area (Å²) in [5, 5.41) is 0. The molecule has 0 unspecified atom stereocenters. The molecule has 0 aromatic carbocycles. The minimum Gasteiger partial charge on any atom is -0.305 e. The number of rotatable bonds is 1. The lowest BCUT2D eigenvalue weighted by molar-refractivity contribution is 0.267. The van der Waals surface area contributed by atoms with Gasteiger partial charge in [-0.05, 0) is 39.4 Å². The molecule has 11 heavy (non-hydrogen) atoms. The van der Waals surface area contributed by atoms with Gasteiger partial charge in [0, 0.05) is 19.1 Å². The highest BCUT2D eigenvalue weighted by atomic mass is 15.2. The summed E-state index contributed by atoms with van der Waals surface area (Å²) in [5.41, 5.74) is 0. The van der Waals surface area contributed by atoms with Crippen molar-refractivity contribution in [2.45, 2.75) is 25.3 Å². The van der Waals surface area contributed by atoms with Crippen LogP contribution in [0.3, 0.4) is 0 Å². The number of hydrogen-bond donors (Lipinski definition) is 0. The fourth-order valence-corrected chi connectivity index (χ4v) is 1.87. The minimum absolute atomic E-state index is 0.974. The van der Waals surface area contributed by atoms with E-state index in [9.17, 15) is 0 Å². The van der Waals surface area contributed by atoms with E-state index < -0.39 is 0 Å². The van der Waals surface area contributed by atoms with Crippen molar-refractivity contribution in [3.63, 3.8) is 0 Å². The molecule has 0 bridgehead atoms. The molecule has 0 spiro atoms. The maximum atomic E-state index is 2.67. The Morgan fingerprint density at radius 3 is 2.55 bits per heavy atom. The molecule has 2 aliphatic rings. The molecule has 2 rings (SSSR count). The molecule has 1 saturated heterocycles. The van der Waals surface area contributed by atoms with E-state index in [4.69, 9.17) is 0 Å². The third-order valence-corrected chi connectivity index (χ3v) is 2.82. The van der Waals surface area contributed by atoms with Crippen molar-refractivity contribution in [3.05, 3.63) is 0 Å². The Bertz CT molecular complexity index is 132. The predicted molar refractivity (Wildman–Crippen MR) is 46.7 cm³/mol. The average Bonchev–Trinajstić information content (AvgIpc) is 2.73. The summed E-state index contributed by atoms with van der Waals surface area (Å²) in [6.45, 7) is 5.22. The van der Waals surface area contributed by atoms with Crippen LogP contribution in [-0.4, -0.2) is 49.1 Å². The van der Waals surface area contributed by atoms with Crippen LogP contribution < -0.4 is 0 Å². The Morgan fingerprint density at radius 1 is 1.00 bits per heavy atom. The van der Waals surface area contributed by atoms with Crippen LogP contribution in [0.5, 0.6) is 0 Å². The van der Waals surface area contributed by atoms with Gasteiger partial charge >= 0.3 is 0 Å². The highest BCUT2D eigenvalue weighted by Gasteiger charge is 2.29. The van der Waals surface area contributed by atoms with Crippen molar-refractivity contribution >= 4 is 0 Å². The van der Waals surface area contributed by atoms with Gasteiger partial charge in [-0.15, -0.1) is 0 Å². The first-order valence-electron chi connectivity index (χ1n) is 4.79. The van der Waals surface area contributed by atoms with Crippen LogP contribution >= 0.6 is 0 Å². The lowest BCUT2D eigenvalue weighted by Crippen LogP contribution is -2.30. The quantitative estimate of drug-likeness (QED) is 0.551. The number of nitrogens with zero attached hydrogens (tertiary/aromatic N) is 2. The summed E-state index contributed by atoms with van der Waals surface area (Å²) in [4.78, 5) is 5.12. The second-order valence-corrected chi connectivity index (χ2v) is 3.92. The van der Waals surface area contributed by atoms with Gasteiger partial charge in [0.2, 0.25) is 0 Å². The molecule has 2 nitrogen and oxygen atoms in total. The summed E-state index contributed by atoms with van der Waals surface area (Å²) in [7, 11) is 2.23. The Morgan fingerprint density at radius 2 is 1.82 bits per heavy atom. The van der Waals surface area contributed by atoms with Crippen molar-refractivity contribution in [2.75, 3.05) is 33.2 Å². The smallest absolute Gasteiger partial charge is 0.0112 e. The maximum Gasteiger partial charge on any atom is 0.0112 e. The zero-order valence-electron chi connectivity index (χ0n) is 7.42. The summed E-state index contributed by atoms with van der Waals surface area (Å²) in [6.07, 6.45) is 4.29. The van der Waals surface area contributed by atoms with E-state index in [-0.39, 0.29) is 0 Å². The first-order valence-corrected chi connectivity index (χ1v) is 4.79. The van der Waals surface area contributed by atoms with Crippen molar-refractivity contribution in [2.24, 2.45) is 0 Å². The largest absolute Gasteiger partial charge is 0.305 e.